The molecule has 0 saturated carbocycles. The number of thiazole rings is 1. The van der Waals surface area contributed by atoms with Crippen LogP contribution in [0.5, 0.6) is 0 Å². The molecular formula is C25H19F2N3O2S2. The van der Waals surface area contributed by atoms with Crippen LogP contribution in [0.2, 0.25) is 0 Å². The molecule has 0 bridgehead atoms. The lowest BCUT2D eigenvalue weighted by molar-refractivity contribution is -0.116. The number of amides is 2. The molecule has 0 aliphatic rings. The van der Waals surface area contributed by atoms with E-state index in [1.807, 2.05) is 17.5 Å². The van der Waals surface area contributed by atoms with Gasteiger partial charge in [0.15, 0.2) is 5.13 Å². The second kappa shape index (κ2) is 10.5. The van der Waals surface area contributed by atoms with Gasteiger partial charge in [-0.3, -0.25) is 14.5 Å². The summed E-state index contributed by atoms with van der Waals surface area (Å²) in [7, 11) is 0. The van der Waals surface area contributed by atoms with E-state index in [-0.39, 0.29) is 23.3 Å². The third kappa shape index (κ3) is 5.44. The van der Waals surface area contributed by atoms with E-state index in [4.69, 9.17) is 0 Å². The molecule has 4 rings (SSSR count). The number of nitrogens with zero attached hydrogens (tertiary/aromatic N) is 3. The molecule has 2 aromatic carbocycles. The first-order valence-corrected chi connectivity index (χ1v) is 12.0. The fourth-order valence-electron chi connectivity index (χ4n) is 3.22. The molecule has 34 heavy (non-hydrogen) atoms. The minimum Gasteiger partial charge on any atom is -0.304 e. The maximum atomic E-state index is 14.3. The van der Waals surface area contributed by atoms with Gasteiger partial charge in [0.2, 0.25) is 5.91 Å². The van der Waals surface area contributed by atoms with E-state index in [9.17, 15) is 18.4 Å². The van der Waals surface area contributed by atoms with Crippen molar-refractivity contribution < 1.29 is 18.4 Å². The van der Waals surface area contributed by atoms with Gasteiger partial charge in [-0.1, -0.05) is 18.2 Å². The quantitative estimate of drug-likeness (QED) is 0.278. The molecule has 4 aromatic rings. The van der Waals surface area contributed by atoms with Crippen LogP contribution in [-0.4, -0.2) is 16.8 Å². The van der Waals surface area contributed by atoms with Crippen molar-refractivity contribution in [2.45, 2.75) is 13.5 Å². The largest absolute Gasteiger partial charge is 0.304 e. The van der Waals surface area contributed by atoms with Crippen molar-refractivity contribution >= 4 is 57.1 Å². The van der Waals surface area contributed by atoms with Gasteiger partial charge in [-0.25, -0.2) is 13.8 Å². The Hall–Kier alpha value is -3.69. The summed E-state index contributed by atoms with van der Waals surface area (Å²) >= 11 is 2.68. The highest BCUT2D eigenvalue weighted by Gasteiger charge is 2.21. The Kier molecular flexibility index (Phi) is 7.24. The number of rotatable bonds is 7. The topological polar surface area (TPSA) is 53.5 Å². The van der Waals surface area contributed by atoms with Gasteiger partial charge in [-0.15, -0.1) is 22.7 Å². The Bertz CT molecular complexity index is 1320. The van der Waals surface area contributed by atoms with E-state index in [0.29, 0.717) is 23.1 Å². The van der Waals surface area contributed by atoms with Crippen LogP contribution in [0.1, 0.15) is 17.5 Å². The first-order chi connectivity index (χ1) is 16.4. The SMILES string of the molecule is CC(=O)N(c1nc(C=CC(=O)N(Cc2cccs2)c2ccc(F)cc2)cs1)c1ccccc1F. The molecule has 2 aromatic heterocycles. The minimum atomic E-state index is -0.538. The van der Waals surface area contributed by atoms with Crippen LogP contribution in [0.3, 0.4) is 0 Å². The van der Waals surface area contributed by atoms with Crippen molar-refractivity contribution in [2.24, 2.45) is 0 Å². The van der Waals surface area contributed by atoms with Gasteiger partial charge in [-0.2, -0.15) is 0 Å². The molecule has 2 amide bonds. The summed E-state index contributed by atoms with van der Waals surface area (Å²) in [6, 6.07) is 15.5. The van der Waals surface area contributed by atoms with Gasteiger partial charge in [0.25, 0.3) is 5.91 Å². The number of para-hydroxylation sites is 1. The van der Waals surface area contributed by atoms with Gasteiger partial charge in [-0.05, 0) is 53.9 Å². The molecule has 0 saturated heterocycles. The number of anilines is 3. The Balaban J connectivity index is 1.57. The van der Waals surface area contributed by atoms with E-state index < -0.39 is 5.82 Å². The molecule has 0 spiro atoms. The smallest absolute Gasteiger partial charge is 0.251 e. The minimum absolute atomic E-state index is 0.106. The highest BCUT2D eigenvalue weighted by Crippen LogP contribution is 2.31. The number of thiophene rings is 1. The van der Waals surface area contributed by atoms with Gasteiger partial charge >= 0.3 is 0 Å². The Morgan fingerprint density at radius 3 is 2.44 bits per heavy atom. The second-order valence-corrected chi connectivity index (χ2v) is 9.04. The molecule has 0 radical (unpaired) electrons. The molecule has 9 heteroatoms. The maximum absolute atomic E-state index is 14.3. The van der Waals surface area contributed by atoms with Crippen LogP contribution >= 0.6 is 22.7 Å². The van der Waals surface area contributed by atoms with Crippen LogP contribution in [0.4, 0.5) is 25.3 Å². The number of aromatic nitrogens is 1. The first kappa shape index (κ1) is 23.5. The molecule has 0 aliphatic carbocycles. The zero-order valence-corrected chi connectivity index (χ0v) is 19.7. The first-order valence-electron chi connectivity index (χ1n) is 10.2. The third-order valence-corrected chi connectivity index (χ3v) is 6.51. The lowest BCUT2D eigenvalue weighted by atomic mass is 10.2. The summed E-state index contributed by atoms with van der Waals surface area (Å²) in [5, 5.41) is 3.89. The van der Waals surface area contributed by atoms with Crippen molar-refractivity contribution in [1.82, 2.24) is 4.98 Å². The predicted octanol–water partition coefficient (Wildman–Crippen LogP) is 6.41. The Labute approximate surface area is 203 Å². The number of halogens is 2. The van der Waals surface area contributed by atoms with E-state index in [1.165, 1.54) is 64.5 Å². The summed E-state index contributed by atoms with van der Waals surface area (Å²) in [6.07, 6.45) is 2.91. The standard InChI is InChI=1S/C25H19F2N3O2S2/c1-17(31)30(23-7-3-2-6-22(23)27)25-28-19(16-34-25)10-13-24(32)29(15-21-5-4-14-33-21)20-11-8-18(26)9-12-20/h2-14,16H,15H2,1H3. The van der Waals surface area contributed by atoms with Crippen LogP contribution in [0.15, 0.2) is 77.5 Å². The molecule has 0 fully saturated rings. The number of hydrogen-bond acceptors (Lipinski definition) is 5. The lowest BCUT2D eigenvalue weighted by Gasteiger charge is -2.20. The third-order valence-electron chi connectivity index (χ3n) is 4.80. The van der Waals surface area contributed by atoms with Gasteiger partial charge < -0.3 is 4.90 Å². The van der Waals surface area contributed by atoms with Crippen LogP contribution < -0.4 is 9.80 Å². The summed E-state index contributed by atoms with van der Waals surface area (Å²) in [4.78, 5) is 33.4. The fraction of sp³-hybridized carbons (Fsp3) is 0.0800. The molecule has 172 valence electrons. The van der Waals surface area contributed by atoms with Crippen molar-refractivity contribution in [3.8, 4) is 0 Å². The molecule has 0 unspecified atom stereocenters. The van der Waals surface area contributed by atoms with E-state index >= 15 is 0 Å². The summed E-state index contributed by atoms with van der Waals surface area (Å²) < 4.78 is 27.7. The number of carbonyl (C=O) groups is 2. The summed E-state index contributed by atoms with van der Waals surface area (Å²) in [5.41, 5.74) is 1.12. The van der Waals surface area contributed by atoms with Crippen LogP contribution in [-0.2, 0) is 16.1 Å². The van der Waals surface area contributed by atoms with Gasteiger partial charge in [0.05, 0.1) is 17.9 Å². The molecular weight excluding hydrogens is 476 g/mol. The number of carbonyl (C=O) groups excluding carboxylic acids is 2. The van der Waals surface area contributed by atoms with Crippen LogP contribution in [0.25, 0.3) is 6.08 Å². The van der Waals surface area contributed by atoms with Crippen molar-refractivity contribution in [2.75, 3.05) is 9.80 Å². The van der Waals surface area contributed by atoms with Gasteiger partial charge in [0, 0.05) is 28.9 Å². The molecule has 2 heterocycles. The Morgan fingerprint density at radius 2 is 1.76 bits per heavy atom. The zero-order valence-electron chi connectivity index (χ0n) is 18.0. The average Bonchev–Trinajstić information content (AvgIpc) is 3.50. The van der Waals surface area contributed by atoms with Crippen LogP contribution in [0, 0.1) is 11.6 Å². The number of hydrogen-bond donors (Lipinski definition) is 0. The molecule has 0 aliphatic heterocycles. The van der Waals surface area contributed by atoms with Crippen molar-refractivity contribution in [3.05, 3.63) is 99.7 Å². The van der Waals surface area contributed by atoms with E-state index in [1.54, 1.807) is 29.6 Å². The summed E-state index contributed by atoms with van der Waals surface area (Å²) in [5.74, 6) is -1.62. The molecule has 0 N–H and O–H groups in total. The van der Waals surface area contributed by atoms with Crippen molar-refractivity contribution in [1.29, 1.82) is 0 Å². The fourth-order valence-corrected chi connectivity index (χ4v) is 4.76. The highest BCUT2D eigenvalue weighted by molar-refractivity contribution is 7.14. The monoisotopic (exact) mass is 495 g/mol. The highest BCUT2D eigenvalue weighted by atomic mass is 32.1. The predicted molar refractivity (Wildman–Crippen MR) is 132 cm³/mol. The second-order valence-electron chi connectivity index (χ2n) is 7.17. The van der Waals surface area contributed by atoms with E-state index in [2.05, 4.69) is 4.98 Å². The molecule has 5 nitrogen and oxygen atoms in total. The van der Waals surface area contributed by atoms with Gasteiger partial charge in [0.1, 0.15) is 11.6 Å². The maximum Gasteiger partial charge on any atom is 0.251 e. The number of benzene rings is 2. The average molecular weight is 496 g/mol. The molecule has 0 atom stereocenters. The Morgan fingerprint density at radius 1 is 1.00 bits per heavy atom. The van der Waals surface area contributed by atoms with E-state index in [0.717, 1.165) is 16.2 Å². The zero-order chi connectivity index (χ0) is 24.1. The normalized spacial score (nSPS) is 11.0. The lowest BCUT2D eigenvalue weighted by Crippen LogP contribution is -2.28. The summed E-state index contributed by atoms with van der Waals surface area (Å²) in [6.45, 7) is 1.66. The van der Waals surface area contributed by atoms with Crippen molar-refractivity contribution in [3.63, 3.8) is 0 Å².